The van der Waals surface area contributed by atoms with Crippen LogP contribution in [0, 0.1) is 11.3 Å². The van der Waals surface area contributed by atoms with Crippen molar-refractivity contribution in [2.75, 3.05) is 19.8 Å². The van der Waals surface area contributed by atoms with E-state index in [0.717, 1.165) is 27.8 Å². The van der Waals surface area contributed by atoms with Crippen LogP contribution in [0.1, 0.15) is 49.3 Å². The molecule has 3 atom stereocenters. The number of amides is 2. The molecule has 2 fully saturated rings. The highest BCUT2D eigenvalue weighted by molar-refractivity contribution is 5.93. The number of hydrogen-bond acceptors (Lipinski definition) is 5. The van der Waals surface area contributed by atoms with Gasteiger partial charge in [0.05, 0.1) is 12.5 Å². The lowest BCUT2D eigenvalue weighted by Crippen LogP contribution is -2.82. The Kier molecular flexibility index (Phi) is 7.27. The number of nitrogens with one attached hydrogen (secondary N) is 1. The van der Waals surface area contributed by atoms with Crippen molar-refractivity contribution < 1.29 is 29.0 Å². The van der Waals surface area contributed by atoms with Crippen LogP contribution >= 0.6 is 0 Å². The Morgan fingerprint density at radius 2 is 1.57 bits per heavy atom. The number of ether oxygens (including phenoxy) is 2. The second kappa shape index (κ2) is 10.9. The first-order valence-electron chi connectivity index (χ1n) is 14.5. The van der Waals surface area contributed by atoms with E-state index >= 15 is 0 Å². The largest absolute Gasteiger partial charge is 0.481 e. The molecule has 3 unspecified atom stereocenters. The van der Waals surface area contributed by atoms with E-state index in [2.05, 4.69) is 29.6 Å². The number of aliphatic carboxylic acids is 1. The molecule has 218 valence electrons. The topological polar surface area (TPSA) is 105 Å². The number of carboxylic acid groups (broad SMARTS) is 1. The number of carbonyl (C=O) groups is 3. The van der Waals surface area contributed by atoms with Gasteiger partial charge in [0.25, 0.3) is 0 Å². The molecule has 42 heavy (non-hydrogen) atoms. The van der Waals surface area contributed by atoms with E-state index in [1.54, 1.807) is 4.90 Å². The van der Waals surface area contributed by atoms with E-state index in [4.69, 9.17) is 9.47 Å². The van der Waals surface area contributed by atoms with Crippen LogP contribution in [0.4, 0.5) is 4.79 Å². The number of carbonyl (C=O) groups excluding carboxylic acids is 2. The first kappa shape index (κ1) is 28.0. The Hall–Kier alpha value is -4.17. The molecule has 0 spiro atoms. The average Bonchev–Trinajstić information content (AvgIpc) is 3.59. The third-order valence-corrected chi connectivity index (χ3v) is 9.45. The van der Waals surface area contributed by atoms with E-state index in [9.17, 15) is 19.5 Å². The maximum Gasteiger partial charge on any atom is 0.408 e. The van der Waals surface area contributed by atoms with Gasteiger partial charge >= 0.3 is 12.1 Å². The summed E-state index contributed by atoms with van der Waals surface area (Å²) in [6.07, 6.45) is -0.457. The van der Waals surface area contributed by atoms with Gasteiger partial charge in [0.15, 0.2) is 0 Å². The lowest BCUT2D eigenvalue weighted by molar-refractivity contribution is -0.192. The number of fused-ring (bicyclic) bond motifs is 4. The summed E-state index contributed by atoms with van der Waals surface area (Å²) >= 11 is 0. The maximum absolute atomic E-state index is 14.6. The number of rotatable bonds is 9. The predicted molar refractivity (Wildman–Crippen MR) is 157 cm³/mol. The van der Waals surface area contributed by atoms with Gasteiger partial charge < -0.3 is 24.8 Å². The second-order valence-electron chi connectivity index (χ2n) is 12.0. The van der Waals surface area contributed by atoms with Crippen LogP contribution in [0.2, 0.25) is 0 Å². The van der Waals surface area contributed by atoms with E-state index in [1.165, 1.54) is 0 Å². The van der Waals surface area contributed by atoms with Gasteiger partial charge in [-0.05, 0) is 34.2 Å². The number of carboxylic acids is 1. The predicted octanol–water partition coefficient (Wildman–Crippen LogP) is 5.21. The van der Waals surface area contributed by atoms with Crippen molar-refractivity contribution in [2.45, 2.75) is 50.8 Å². The lowest BCUT2D eigenvalue weighted by Gasteiger charge is -2.63. The monoisotopic (exact) mass is 568 g/mol. The molecule has 6 rings (SSSR count). The van der Waals surface area contributed by atoms with Gasteiger partial charge in [-0.2, -0.15) is 0 Å². The minimum atomic E-state index is -1.30. The molecular formula is C34H36N2O6. The van der Waals surface area contributed by atoms with Crippen LogP contribution in [0.3, 0.4) is 0 Å². The fourth-order valence-electron chi connectivity index (χ4n) is 7.42. The molecule has 3 aliphatic rings. The molecule has 3 aromatic rings. The Labute approximate surface area is 245 Å². The molecule has 2 aliphatic carbocycles. The lowest BCUT2D eigenvalue weighted by atomic mass is 9.47. The fraction of sp³-hybridized carbons (Fsp3) is 0.382. The molecule has 0 bridgehead atoms. The number of hydrogen-bond donors (Lipinski definition) is 2. The van der Waals surface area contributed by atoms with Crippen molar-refractivity contribution in [1.82, 2.24) is 10.2 Å². The minimum absolute atomic E-state index is 0.0193. The Morgan fingerprint density at radius 3 is 2.21 bits per heavy atom. The molecule has 2 N–H and O–H groups in total. The smallest absolute Gasteiger partial charge is 0.408 e. The normalized spacial score (nSPS) is 23.2. The highest BCUT2D eigenvalue weighted by Gasteiger charge is 2.74. The molecular weight excluding hydrogens is 532 g/mol. The van der Waals surface area contributed by atoms with E-state index in [0.29, 0.717) is 13.0 Å². The van der Waals surface area contributed by atoms with Gasteiger partial charge in [0, 0.05) is 36.9 Å². The summed E-state index contributed by atoms with van der Waals surface area (Å²) < 4.78 is 11.9. The van der Waals surface area contributed by atoms with Gasteiger partial charge in [-0.3, -0.25) is 9.59 Å². The zero-order valence-corrected chi connectivity index (χ0v) is 23.9. The molecule has 3 aromatic carbocycles. The molecule has 2 amide bonds. The van der Waals surface area contributed by atoms with E-state index in [1.807, 2.05) is 68.4 Å². The molecule has 0 radical (unpaired) electrons. The van der Waals surface area contributed by atoms with Gasteiger partial charge in [0.1, 0.15) is 12.1 Å². The molecule has 8 heteroatoms. The molecule has 1 saturated heterocycles. The first-order valence-corrected chi connectivity index (χ1v) is 14.5. The molecule has 1 saturated carbocycles. The zero-order chi connectivity index (χ0) is 29.5. The molecule has 0 aromatic heterocycles. The van der Waals surface area contributed by atoms with Gasteiger partial charge in [0.2, 0.25) is 5.91 Å². The molecule has 1 aliphatic heterocycles. The number of nitrogens with zero attached hydrogens (tertiary/aromatic N) is 1. The van der Waals surface area contributed by atoms with Gasteiger partial charge in [-0.25, -0.2) is 4.79 Å². The zero-order valence-electron chi connectivity index (χ0n) is 23.9. The highest BCUT2D eigenvalue weighted by atomic mass is 16.5. The van der Waals surface area contributed by atoms with Crippen LogP contribution < -0.4 is 5.32 Å². The summed E-state index contributed by atoms with van der Waals surface area (Å²) in [7, 11) is 0. The van der Waals surface area contributed by atoms with Crippen LogP contribution in [-0.2, 0) is 25.6 Å². The van der Waals surface area contributed by atoms with Gasteiger partial charge in [-0.1, -0.05) is 92.7 Å². The van der Waals surface area contributed by atoms with Crippen molar-refractivity contribution in [1.29, 1.82) is 0 Å². The van der Waals surface area contributed by atoms with E-state index < -0.39 is 23.0 Å². The SMILES string of the molecule is CC1(C)C2OCCC2C1(NC(=O)OCC1c2ccccc2-c2ccccc21)C(=O)N(CCC(=O)O)Cc1ccccc1. The Bertz CT molecular complexity index is 1460. The van der Waals surface area contributed by atoms with Crippen molar-refractivity contribution in [3.8, 4) is 11.1 Å². The highest BCUT2D eigenvalue weighted by Crippen LogP contribution is 2.60. The van der Waals surface area contributed by atoms with Crippen molar-refractivity contribution >= 4 is 18.0 Å². The van der Waals surface area contributed by atoms with E-state index in [-0.39, 0.29) is 50.0 Å². The molecule has 8 nitrogen and oxygen atoms in total. The van der Waals surface area contributed by atoms with Gasteiger partial charge in [-0.15, -0.1) is 0 Å². The van der Waals surface area contributed by atoms with Crippen LogP contribution in [0.5, 0.6) is 0 Å². The third-order valence-electron chi connectivity index (χ3n) is 9.45. The van der Waals surface area contributed by atoms with Crippen LogP contribution in [-0.4, -0.2) is 59.4 Å². The average molecular weight is 569 g/mol. The van der Waals surface area contributed by atoms with Crippen molar-refractivity contribution in [2.24, 2.45) is 11.3 Å². The number of alkyl carbamates (subject to hydrolysis) is 1. The quantitative estimate of drug-likeness (QED) is 0.367. The standard InChI is InChI=1S/C34H36N2O6/c1-33(2)30-28(17-19-41-30)34(33,31(39)36(18-16-29(37)38)20-22-10-4-3-5-11-22)35-32(40)42-21-27-25-14-8-6-12-23(25)24-13-7-9-15-26(24)27/h3-15,27-28,30H,16-21H2,1-2H3,(H,35,40)(H,37,38). The first-order chi connectivity index (χ1) is 20.2. The summed E-state index contributed by atoms with van der Waals surface area (Å²) in [4.78, 5) is 41.3. The summed E-state index contributed by atoms with van der Waals surface area (Å²) in [5.74, 6) is -1.66. The summed E-state index contributed by atoms with van der Waals surface area (Å²) in [6, 6.07) is 25.7. The molecule has 1 heterocycles. The van der Waals surface area contributed by atoms with Crippen LogP contribution in [0.25, 0.3) is 11.1 Å². The van der Waals surface area contributed by atoms with Crippen LogP contribution in [0.15, 0.2) is 78.9 Å². The fourth-order valence-corrected chi connectivity index (χ4v) is 7.42. The Morgan fingerprint density at radius 1 is 0.952 bits per heavy atom. The summed E-state index contributed by atoms with van der Waals surface area (Å²) in [5.41, 5.74) is 3.31. The number of benzene rings is 3. The second-order valence-corrected chi connectivity index (χ2v) is 12.0. The van der Waals surface area contributed by atoms with Crippen molar-refractivity contribution in [3.05, 3.63) is 95.6 Å². The minimum Gasteiger partial charge on any atom is -0.481 e. The Balaban J connectivity index is 1.26. The van der Waals surface area contributed by atoms with Crippen molar-refractivity contribution in [3.63, 3.8) is 0 Å². The summed E-state index contributed by atoms with van der Waals surface area (Å²) in [6.45, 7) is 4.73. The third kappa shape index (κ3) is 4.54. The summed E-state index contributed by atoms with van der Waals surface area (Å²) in [5, 5.41) is 12.5. The maximum atomic E-state index is 14.6.